The van der Waals surface area contributed by atoms with Gasteiger partial charge >= 0.3 is 6.72 Å². The zero-order valence-electron chi connectivity index (χ0n) is 22.4. The predicted molar refractivity (Wildman–Crippen MR) is 170 cm³/mol. The van der Waals surface area contributed by atoms with E-state index >= 15 is 8.78 Å². The Morgan fingerprint density at radius 2 is 1.80 bits per heavy atom. The number of nitrogens with one attached hydrogen (secondary N) is 1. The maximum atomic E-state index is 16.1. The fraction of sp³-hybridized carbons (Fsp3) is 0.476. The Kier molecular flexibility index (Phi) is 8.27. The number of alkyl halides is 2. The minimum absolute atomic E-state index is 0.0304. The molecule has 45 heavy (non-hydrogen) atoms. The summed E-state index contributed by atoms with van der Waals surface area (Å²) in [5, 5.41) is -1.91. The van der Waals surface area contributed by atoms with E-state index in [2.05, 4.69) is 37.2 Å². The van der Waals surface area contributed by atoms with Crippen LogP contribution in [0.3, 0.4) is 0 Å². The lowest BCUT2D eigenvalue weighted by Gasteiger charge is -2.28. The van der Waals surface area contributed by atoms with Crippen LogP contribution < -0.4 is 17.0 Å². The summed E-state index contributed by atoms with van der Waals surface area (Å²) in [5.74, 6) is -0.173. The van der Waals surface area contributed by atoms with Gasteiger partial charge in [-0.15, -0.1) is 11.8 Å². The molecule has 3 aliphatic rings. The number of hydrogen-bond donors (Lipinski definition) is 5. The van der Waals surface area contributed by atoms with E-state index < -0.39 is 78.7 Å². The average molecular weight is 742 g/mol. The third-order valence-corrected chi connectivity index (χ3v) is 12.6. The molecule has 0 aromatic carbocycles. The molecule has 2 unspecified atom stereocenters. The van der Waals surface area contributed by atoms with Gasteiger partial charge in [0.25, 0.3) is 5.56 Å². The fourth-order valence-electron chi connectivity index (χ4n) is 5.32. The molecule has 7 rings (SSSR count). The summed E-state index contributed by atoms with van der Waals surface area (Å²) in [7, 11) is 0. The van der Waals surface area contributed by atoms with Crippen molar-refractivity contribution in [2.75, 3.05) is 24.7 Å². The van der Waals surface area contributed by atoms with Crippen molar-refractivity contribution in [1.82, 2.24) is 34.1 Å². The van der Waals surface area contributed by atoms with Gasteiger partial charge in [0.05, 0.1) is 36.8 Å². The molecule has 6 N–H and O–H groups in total. The number of halogens is 2. The van der Waals surface area contributed by atoms with Gasteiger partial charge in [-0.3, -0.25) is 23.4 Å². The summed E-state index contributed by atoms with van der Waals surface area (Å²) < 4.78 is 63.9. The first-order valence-electron chi connectivity index (χ1n) is 13.0. The average Bonchev–Trinajstić information content (AvgIpc) is 3.72. The molecular weight excluding hydrogens is 718 g/mol. The first-order chi connectivity index (χ1) is 21.3. The van der Waals surface area contributed by atoms with Crippen LogP contribution in [0.2, 0.25) is 0 Å². The zero-order valence-corrected chi connectivity index (χ0v) is 27.5. The Bertz CT molecular complexity index is 1950. The normalized spacial score (nSPS) is 37.7. The maximum absolute atomic E-state index is 16.1. The number of nitrogen functional groups attached to an aromatic ring is 2. The van der Waals surface area contributed by atoms with E-state index in [1.54, 1.807) is 6.07 Å². The first-order valence-corrected chi connectivity index (χ1v) is 20.3. The van der Waals surface area contributed by atoms with Gasteiger partial charge in [0.2, 0.25) is 11.6 Å². The number of hydrogen-bond acceptors (Lipinski definition) is 15. The smallest absolute Gasteiger partial charge is 0.325 e. The number of imidazole rings is 2. The van der Waals surface area contributed by atoms with Gasteiger partial charge in [0.1, 0.15) is 35.4 Å². The second-order valence-electron chi connectivity index (χ2n) is 10.2. The molecule has 3 aliphatic heterocycles. The van der Waals surface area contributed by atoms with Gasteiger partial charge in [-0.2, -0.15) is 4.98 Å². The number of nitrogens with zero attached hydrogens (tertiary/aromatic N) is 6. The van der Waals surface area contributed by atoms with Crippen LogP contribution in [-0.2, 0) is 46.4 Å². The third kappa shape index (κ3) is 5.82. The summed E-state index contributed by atoms with van der Waals surface area (Å²) in [6, 6.07) is 1.55. The molecule has 10 atom stereocenters. The summed E-state index contributed by atoms with van der Waals surface area (Å²) in [5.41, 5.74) is 8.51. The highest BCUT2D eigenvalue weighted by atomic mass is 32.9. The fourth-order valence-corrected chi connectivity index (χ4v) is 10.3. The number of pyridine rings is 1. The second-order valence-corrected chi connectivity index (χ2v) is 19.6. The third-order valence-electron chi connectivity index (χ3n) is 7.34. The Hall–Kier alpha value is -1.81. The summed E-state index contributed by atoms with van der Waals surface area (Å²) >= 11 is 16.2. The predicted octanol–water partition coefficient (Wildman–Crippen LogP) is 2.10. The van der Waals surface area contributed by atoms with Crippen LogP contribution in [0.1, 0.15) is 11.6 Å². The van der Waals surface area contributed by atoms with Crippen LogP contribution in [0.15, 0.2) is 29.7 Å². The van der Waals surface area contributed by atoms with Gasteiger partial charge in [0, 0.05) is 6.20 Å². The van der Waals surface area contributed by atoms with Crippen molar-refractivity contribution in [2.45, 2.75) is 47.5 Å². The first kappa shape index (κ1) is 31.8. The van der Waals surface area contributed by atoms with Crippen LogP contribution in [0, 0.1) is 0 Å². The SMILES string of the molecule is Nc1nc2c(ncn2[C@@H]2S[C@@H]3COP(O)(=S)O[C@H]4[C@H](F)[C@H](n5cnc6c(N)ccnc65)O[C@@H]4COP(=S)(S)O[C@@H]2[C@H]3F)c(=O)[nH]1. The van der Waals surface area contributed by atoms with Gasteiger partial charge in [-0.05, 0) is 29.7 Å². The van der Waals surface area contributed by atoms with Crippen molar-refractivity contribution >= 4 is 94.0 Å². The number of nitrogens with two attached hydrogens (primary N) is 2. The van der Waals surface area contributed by atoms with Crippen LogP contribution >= 0.6 is 36.4 Å². The molecule has 0 aliphatic carbocycles. The number of H-pyrrole nitrogens is 1. The van der Waals surface area contributed by atoms with E-state index in [4.69, 9.17) is 57.9 Å². The largest absolute Gasteiger partial charge is 0.397 e. The van der Waals surface area contributed by atoms with Gasteiger partial charge < -0.3 is 34.7 Å². The monoisotopic (exact) mass is 741 g/mol. The summed E-state index contributed by atoms with van der Waals surface area (Å²) in [6.45, 7) is -5.09. The molecule has 7 heterocycles. The lowest BCUT2D eigenvalue weighted by atomic mass is 10.1. The molecule has 0 radical (unpaired) electrons. The number of ether oxygens (including phenoxy) is 1. The summed E-state index contributed by atoms with van der Waals surface area (Å²) in [4.78, 5) is 42.4. The molecule has 0 amide bonds. The van der Waals surface area contributed by atoms with E-state index in [-0.39, 0.29) is 22.8 Å². The topological polar surface area (TPSA) is 213 Å². The van der Waals surface area contributed by atoms with Gasteiger partial charge in [-0.1, -0.05) is 12.2 Å². The number of aromatic amines is 1. The van der Waals surface area contributed by atoms with Crippen molar-refractivity contribution in [2.24, 2.45) is 0 Å². The van der Waals surface area contributed by atoms with E-state index in [0.717, 1.165) is 11.8 Å². The molecule has 0 spiro atoms. The number of anilines is 2. The maximum Gasteiger partial charge on any atom is 0.325 e. The number of thioether (sulfide) groups is 1. The number of rotatable bonds is 2. The molecule has 4 aromatic rings. The molecule has 2 bridgehead atoms. The van der Waals surface area contributed by atoms with Crippen molar-refractivity contribution in [1.29, 1.82) is 0 Å². The van der Waals surface area contributed by atoms with E-state index in [1.807, 2.05) is 0 Å². The molecule has 3 saturated heterocycles. The Balaban J connectivity index is 1.21. The summed E-state index contributed by atoms with van der Waals surface area (Å²) in [6.07, 6.45) is -5.02. The molecule has 242 valence electrons. The van der Waals surface area contributed by atoms with Crippen molar-refractivity contribution < 1.29 is 36.5 Å². The van der Waals surface area contributed by atoms with E-state index in [0.29, 0.717) is 11.2 Å². The van der Waals surface area contributed by atoms with Crippen molar-refractivity contribution in [3.8, 4) is 0 Å². The van der Waals surface area contributed by atoms with Gasteiger partial charge in [-0.25, -0.2) is 23.7 Å². The highest BCUT2D eigenvalue weighted by molar-refractivity contribution is 8.60. The van der Waals surface area contributed by atoms with Crippen LogP contribution in [-0.4, -0.2) is 88.1 Å². The van der Waals surface area contributed by atoms with Gasteiger partial charge in [0.15, 0.2) is 29.2 Å². The molecular formula is C21H23F2N9O7P2S4. The van der Waals surface area contributed by atoms with Crippen LogP contribution in [0.5, 0.6) is 0 Å². The molecule has 16 nitrogen and oxygen atoms in total. The second kappa shape index (κ2) is 11.7. The molecule has 3 fully saturated rings. The number of aromatic nitrogens is 7. The van der Waals surface area contributed by atoms with Crippen LogP contribution in [0.4, 0.5) is 20.4 Å². The Morgan fingerprint density at radius 1 is 1.04 bits per heavy atom. The lowest BCUT2D eigenvalue weighted by molar-refractivity contribution is -0.0406. The Labute approximate surface area is 271 Å². The minimum Gasteiger partial charge on any atom is -0.397 e. The Morgan fingerprint density at radius 3 is 2.60 bits per heavy atom. The number of thiol groups is 1. The molecule has 0 saturated carbocycles. The molecule has 4 aromatic heterocycles. The van der Waals surface area contributed by atoms with E-state index in [1.165, 1.54) is 28.0 Å². The zero-order chi connectivity index (χ0) is 31.8. The highest BCUT2D eigenvalue weighted by Gasteiger charge is 2.53. The van der Waals surface area contributed by atoms with Crippen LogP contribution in [0.25, 0.3) is 22.3 Å². The van der Waals surface area contributed by atoms with E-state index in [9.17, 15) is 9.69 Å². The minimum atomic E-state index is -4.20. The highest BCUT2D eigenvalue weighted by Crippen LogP contribution is 2.61. The standard InChI is InChI=1S/C21H23F2N9O7P2S4/c22-10-9-4-35-40(34,42)38-14-8(37-19(11(14)23)31-5-27-12-7(24)1-2-26-16(12)31)3-36-41(43,44)39-15(10)20(45-9)32-6-28-13-17(32)29-21(25)30-18(13)33/h1-2,5-6,8-11,14-15,19-20H,3-4H2,(H2,24,26)(H,34,42)(H,43,44)(H3,25,29,30,33)/t8-,9-,10+,11+,14-,15-,19-,20-,40?/m1/s1. The van der Waals surface area contributed by atoms with Crippen molar-refractivity contribution in [3.63, 3.8) is 0 Å². The lowest BCUT2D eigenvalue weighted by Crippen LogP contribution is -2.34. The molecule has 24 heteroatoms. The van der Waals surface area contributed by atoms with Crippen molar-refractivity contribution in [3.05, 3.63) is 35.3 Å². The number of fused-ring (bicyclic) bond motifs is 5. The quantitative estimate of drug-likeness (QED) is 0.147.